The average Bonchev–Trinajstić information content (AvgIpc) is 2.93. The average molecular weight is 425 g/mol. The molecule has 0 N–H and O–H groups in total. The van der Waals surface area contributed by atoms with Gasteiger partial charge in [0.15, 0.2) is 0 Å². The summed E-state index contributed by atoms with van der Waals surface area (Å²) >= 11 is 0. The molecule has 0 saturated heterocycles. The van der Waals surface area contributed by atoms with E-state index in [1.807, 2.05) is 0 Å². The van der Waals surface area contributed by atoms with E-state index >= 15 is 0 Å². The van der Waals surface area contributed by atoms with Gasteiger partial charge in [-0.15, -0.1) is 0 Å². The van der Waals surface area contributed by atoms with Gasteiger partial charge < -0.3 is 14.5 Å². The number of nitrogens with zero attached hydrogens (tertiary/aromatic N) is 4. The van der Waals surface area contributed by atoms with E-state index in [1.54, 1.807) is 0 Å². The molecule has 31 heavy (non-hydrogen) atoms. The third-order valence-electron chi connectivity index (χ3n) is 6.11. The second kappa shape index (κ2) is 10.9. The van der Waals surface area contributed by atoms with Crippen molar-refractivity contribution in [3.05, 3.63) is 40.1 Å². The van der Waals surface area contributed by atoms with E-state index in [1.165, 1.54) is 40.8 Å². The molecule has 170 valence electrons. The fourth-order valence-electron chi connectivity index (χ4n) is 4.77. The summed E-state index contributed by atoms with van der Waals surface area (Å²) in [6, 6.07) is 4.51. The molecular weight excluding hydrogens is 384 g/mol. The van der Waals surface area contributed by atoms with Crippen LogP contribution in [0, 0.1) is 27.7 Å². The Bertz CT molecular complexity index is 857. The van der Waals surface area contributed by atoms with Gasteiger partial charge in [-0.2, -0.15) is 4.98 Å². The summed E-state index contributed by atoms with van der Waals surface area (Å²) in [4.78, 5) is 14.9. The first-order valence-corrected chi connectivity index (χ1v) is 12.0. The molecule has 0 atom stereocenters. The normalized spacial score (nSPS) is 13.8. The Kier molecular flexibility index (Phi) is 8.30. The molecule has 0 unspecified atom stereocenters. The predicted octanol–water partition coefficient (Wildman–Crippen LogP) is 5.83. The van der Waals surface area contributed by atoms with Gasteiger partial charge in [0.05, 0.1) is 0 Å². The molecule has 5 heteroatoms. The maximum Gasteiger partial charge on any atom is 0.232 e. The van der Waals surface area contributed by atoms with Crippen molar-refractivity contribution < 1.29 is 4.74 Å². The van der Waals surface area contributed by atoms with Gasteiger partial charge in [0, 0.05) is 49.8 Å². The first-order valence-electron chi connectivity index (χ1n) is 12.0. The van der Waals surface area contributed by atoms with Crippen molar-refractivity contribution >= 4 is 17.5 Å². The highest BCUT2D eigenvalue weighted by Crippen LogP contribution is 2.34. The van der Waals surface area contributed by atoms with Gasteiger partial charge in [-0.05, 0) is 77.8 Å². The monoisotopic (exact) mass is 424 g/mol. The van der Waals surface area contributed by atoms with Crippen molar-refractivity contribution in [1.82, 2.24) is 9.97 Å². The molecule has 0 fully saturated rings. The number of ether oxygens (including phenoxy) is 1. The molecule has 0 bridgehead atoms. The van der Waals surface area contributed by atoms with E-state index in [4.69, 9.17) is 14.7 Å². The lowest BCUT2D eigenvalue weighted by atomic mass is 10.0. The molecule has 3 rings (SSSR count). The molecule has 0 amide bonds. The smallest absolute Gasteiger partial charge is 0.232 e. The van der Waals surface area contributed by atoms with Crippen LogP contribution in [0.5, 0.6) is 0 Å². The van der Waals surface area contributed by atoms with Crippen molar-refractivity contribution in [2.45, 2.75) is 73.6 Å². The zero-order valence-electron chi connectivity index (χ0n) is 20.4. The Morgan fingerprint density at radius 3 is 2.42 bits per heavy atom. The minimum Gasteiger partial charge on any atom is -0.381 e. The third kappa shape index (κ3) is 5.57. The van der Waals surface area contributed by atoms with Crippen molar-refractivity contribution in [1.29, 1.82) is 0 Å². The molecule has 0 saturated carbocycles. The summed E-state index contributed by atoms with van der Waals surface area (Å²) in [5.74, 6) is 1.96. The molecule has 1 aliphatic heterocycles. The summed E-state index contributed by atoms with van der Waals surface area (Å²) in [5.41, 5.74) is 7.53. The second-order valence-electron chi connectivity index (χ2n) is 8.81. The molecule has 1 aliphatic rings. The summed E-state index contributed by atoms with van der Waals surface area (Å²) in [6.45, 7) is 17.6. The maximum atomic E-state index is 5.72. The Labute approximate surface area is 188 Å². The van der Waals surface area contributed by atoms with Gasteiger partial charge in [-0.3, -0.25) is 0 Å². The zero-order valence-corrected chi connectivity index (χ0v) is 20.4. The summed E-state index contributed by atoms with van der Waals surface area (Å²) in [6.07, 6.45) is 5.58. The minimum absolute atomic E-state index is 0.819. The summed E-state index contributed by atoms with van der Waals surface area (Å²) in [5, 5.41) is 0. The van der Waals surface area contributed by atoms with E-state index in [0.717, 1.165) is 69.6 Å². The number of aryl methyl sites for hydroxylation is 4. The third-order valence-corrected chi connectivity index (χ3v) is 6.11. The zero-order chi connectivity index (χ0) is 22.4. The van der Waals surface area contributed by atoms with Crippen molar-refractivity contribution in [3.63, 3.8) is 0 Å². The van der Waals surface area contributed by atoms with Crippen molar-refractivity contribution in [3.8, 4) is 0 Å². The van der Waals surface area contributed by atoms with Gasteiger partial charge in [-0.25, -0.2) is 4.98 Å². The van der Waals surface area contributed by atoms with Crippen LogP contribution < -0.4 is 9.80 Å². The Balaban J connectivity index is 1.95. The molecule has 0 spiro atoms. The highest BCUT2D eigenvalue weighted by atomic mass is 16.5. The number of fused-ring (bicyclic) bond motifs is 1. The van der Waals surface area contributed by atoms with Gasteiger partial charge in [0.2, 0.25) is 5.95 Å². The Morgan fingerprint density at radius 2 is 1.74 bits per heavy atom. The van der Waals surface area contributed by atoms with Crippen LogP contribution in [0.15, 0.2) is 12.1 Å². The highest BCUT2D eigenvalue weighted by Gasteiger charge is 2.23. The predicted molar refractivity (Wildman–Crippen MR) is 131 cm³/mol. The second-order valence-corrected chi connectivity index (χ2v) is 8.81. The summed E-state index contributed by atoms with van der Waals surface area (Å²) in [7, 11) is 0. The number of hydrogen-bond acceptors (Lipinski definition) is 5. The number of aromatic nitrogens is 2. The quantitative estimate of drug-likeness (QED) is 0.474. The number of rotatable bonds is 9. The molecule has 0 aliphatic carbocycles. The highest BCUT2D eigenvalue weighted by molar-refractivity contribution is 5.68. The lowest BCUT2D eigenvalue weighted by molar-refractivity contribution is 0.133. The van der Waals surface area contributed by atoms with E-state index in [-0.39, 0.29) is 0 Å². The van der Waals surface area contributed by atoms with Crippen LogP contribution in [0.3, 0.4) is 0 Å². The first-order chi connectivity index (χ1) is 15.0. The van der Waals surface area contributed by atoms with Gasteiger partial charge in [-0.1, -0.05) is 24.6 Å². The maximum absolute atomic E-state index is 5.72. The minimum atomic E-state index is 0.819. The first kappa shape index (κ1) is 23.5. The lowest BCUT2D eigenvalue weighted by Gasteiger charge is -2.29. The van der Waals surface area contributed by atoms with E-state index in [2.05, 4.69) is 63.5 Å². The molecular formula is C26H40N4O. The SMILES string of the molecule is CCCOCCCN1CCCCc2c(C)nc(N(CC)c3c(C)cc(C)cc3C)nc21. The van der Waals surface area contributed by atoms with Crippen LogP contribution >= 0.6 is 0 Å². The topological polar surface area (TPSA) is 41.5 Å². The van der Waals surface area contributed by atoms with Crippen LogP contribution in [0.4, 0.5) is 17.5 Å². The van der Waals surface area contributed by atoms with Gasteiger partial charge in [0.25, 0.3) is 0 Å². The fourth-order valence-corrected chi connectivity index (χ4v) is 4.77. The van der Waals surface area contributed by atoms with Crippen LogP contribution in [0.1, 0.15) is 67.5 Å². The summed E-state index contributed by atoms with van der Waals surface area (Å²) < 4.78 is 5.72. The van der Waals surface area contributed by atoms with Gasteiger partial charge >= 0.3 is 0 Å². The number of benzene rings is 1. The van der Waals surface area contributed by atoms with Crippen molar-refractivity contribution in [2.24, 2.45) is 0 Å². The number of anilines is 3. The Morgan fingerprint density at radius 1 is 1.00 bits per heavy atom. The van der Waals surface area contributed by atoms with Crippen LogP contribution in [-0.2, 0) is 11.2 Å². The molecule has 1 aromatic heterocycles. The van der Waals surface area contributed by atoms with E-state index < -0.39 is 0 Å². The number of hydrogen-bond donors (Lipinski definition) is 0. The van der Waals surface area contributed by atoms with E-state index in [0.29, 0.717) is 0 Å². The molecule has 1 aromatic carbocycles. The largest absolute Gasteiger partial charge is 0.381 e. The molecule has 0 radical (unpaired) electrons. The van der Waals surface area contributed by atoms with Crippen LogP contribution in [0.25, 0.3) is 0 Å². The molecule has 2 aromatic rings. The van der Waals surface area contributed by atoms with E-state index in [9.17, 15) is 0 Å². The molecule has 2 heterocycles. The molecule has 5 nitrogen and oxygen atoms in total. The van der Waals surface area contributed by atoms with Crippen molar-refractivity contribution in [2.75, 3.05) is 42.6 Å². The lowest BCUT2D eigenvalue weighted by Crippen LogP contribution is -2.29. The van der Waals surface area contributed by atoms with Gasteiger partial charge in [0.1, 0.15) is 5.82 Å². The standard InChI is InChI=1S/C26H40N4O/c1-7-15-31-16-11-14-29-13-10-9-12-23-22(6)27-26(28-25(23)29)30(8-2)24-20(4)17-19(3)18-21(24)5/h17-18H,7-16H2,1-6H3. The fraction of sp³-hybridized carbons (Fsp3) is 0.615. The van der Waals surface area contributed by atoms with Crippen LogP contribution in [0.2, 0.25) is 0 Å². The van der Waals surface area contributed by atoms with Crippen LogP contribution in [-0.4, -0.2) is 42.8 Å². The Hall–Kier alpha value is -2.14.